The van der Waals surface area contributed by atoms with Crippen LogP contribution in [0.5, 0.6) is 0 Å². The second-order valence-corrected chi connectivity index (χ2v) is 3.91. The van der Waals surface area contributed by atoms with Crippen molar-refractivity contribution in [2.24, 2.45) is 0 Å². The number of nitrogens with one attached hydrogen (secondary N) is 1. The topological polar surface area (TPSA) is 21.3 Å². The van der Waals surface area contributed by atoms with E-state index in [-0.39, 0.29) is 11.9 Å². The largest absolute Gasteiger partial charge is 0.501 e. The average molecular weight is 221 g/mol. The number of hydrogen-bond acceptors (Lipinski definition) is 2. The molecule has 1 unspecified atom stereocenters. The molecule has 2 rings (SSSR count). The first-order valence-corrected chi connectivity index (χ1v) is 5.55. The minimum absolute atomic E-state index is 0.0819. The van der Waals surface area contributed by atoms with E-state index in [0.717, 1.165) is 25.0 Å². The molecule has 86 valence electrons. The fourth-order valence-corrected chi connectivity index (χ4v) is 2.05. The summed E-state index contributed by atoms with van der Waals surface area (Å²) in [7, 11) is 1.84. The van der Waals surface area contributed by atoms with Gasteiger partial charge >= 0.3 is 0 Å². The highest BCUT2D eigenvalue weighted by molar-refractivity contribution is 5.29. The zero-order chi connectivity index (χ0) is 11.4. The van der Waals surface area contributed by atoms with Gasteiger partial charge in [0, 0.05) is 5.56 Å². The minimum atomic E-state index is -0.173. The summed E-state index contributed by atoms with van der Waals surface area (Å²) in [6.07, 6.45) is 3.72. The quantitative estimate of drug-likeness (QED) is 0.847. The third kappa shape index (κ3) is 2.25. The van der Waals surface area contributed by atoms with Crippen LogP contribution in [0.4, 0.5) is 4.39 Å². The Hall–Kier alpha value is -1.35. The van der Waals surface area contributed by atoms with Crippen molar-refractivity contribution in [3.8, 4) is 0 Å². The summed E-state index contributed by atoms with van der Waals surface area (Å²) in [5.41, 5.74) is 1.79. The normalized spacial score (nSPS) is 17.5. The zero-order valence-corrected chi connectivity index (χ0v) is 9.37. The maximum atomic E-state index is 13.7. The van der Waals surface area contributed by atoms with Crippen molar-refractivity contribution in [2.45, 2.75) is 18.9 Å². The van der Waals surface area contributed by atoms with Crippen LogP contribution in [-0.4, -0.2) is 13.7 Å². The number of ether oxygens (including phenoxy) is 1. The Morgan fingerprint density at radius 2 is 2.19 bits per heavy atom. The van der Waals surface area contributed by atoms with Crippen molar-refractivity contribution in [3.63, 3.8) is 0 Å². The summed E-state index contributed by atoms with van der Waals surface area (Å²) < 4.78 is 19.0. The highest BCUT2D eigenvalue weighted by Gasteiger charge is 2.19. The summed E-state index contributed by atoms with van der Waals surface area (Å²) in [4.78, 5) is 0. The van der Waals surface area contributed by atoms with Crippen LogP contribution in [0.2, 0.25) is 0 Å². The summed E-state index contributed by atoms with van der Waals surface area (Å²) in [5, 5.41) is 3.14. The van der Waals surface area contributed by atoms with Gasteiger partial charge in [-0.2, -0.15) is 0 Å². The van der Waals surface area contributed by atoms with Crippen LogP contribution in [0, 0.1) is 5.82 Å². The summed E-state index contributed by atoms with van der Waals surface area (Å²) >= 11 is 0. The van der Waals surface area contributed by atoms with E-state index in [1.54, 1.807) is 12.3 Å². The van der Waals surface area contributed by atoms with Gasteiger partial charge in [0.1, 0.15) is 5.82 Å². The second kappa shape index (κ2) is 5.12. The van der Waals surface area contributed by atoms with Crippen LogP contribution < -0.4 is 5.32 Å². The molecule has 1 heterocycles. The lowest BCUT2D eigenvalue weighted by Crippen LogP contribution is -2.21. The first-order chi connectivity index (χ1) is 7.83. The number of rotatable bonds is 3. The third-order valence-corrected chi connectivity index (χ3v) is 2.84. The fraction of sp³-hybridized carbons (Fsp3) is 0.385. The van der Waals surface area contributed by atoms with Crippen molar-refractivity contribution in [1.82, 2.24) is 5.32 Å². The highest BCUT2D eigenvalue weighted by atomic mass is 19.1. The van der Waals surface area contributed by atoms with E-state index in [9.17, 15) is 4.39 Å². The van der Waals surface area contributed by atoms with E-state index >= 15 is 0 Å². The standard InChI is InChI=1S/C13H16FNO/c1-15-13(10-5-4-8-16-9-10)11-6-2-3-7-12(11)14/h2-3,6-7,9,13,15H,4-5,8H2,1H3. The molecule has 3 heteroatoms. The predicted molar refractivity (Wildman–Crippen MR) is 61.5 cm³/mol. The Kier molecular flexibility index (Phi) is 3.57. The van der Waals surface area contributed by atoms with Gasteiger partial charge < -0.3 is 10.1 Å². The predicted octanol–water partition coefficient (Wildman–Crippen LogP) is 2.78. The van der Waals surface area contributed by atoms with Crippen LogP contribution in [-0.2, 0) is 4.74 Å². The first kappa shape index (κ1) is 11.1. The fourth-order valence-electron chi connectivity index (χ4n) is 2.05. The molecule has 0 aromatic heterocycles. The van der Waals surface area contributed by atoms with Crippen LogP contribution in [0.3, 0.4) is 0 Å². The number of hydrogen-bond donors (Lipinski definition) is 1. The van der Waals surface area contributed by atoms with E-state index in [1.165, 1.54) is 6.07 Å². The third-order valence-electron chi connectivity index (χ3n) is 2.84. The molecule has 0 radical (unpaired) electrons. The van der Waals surface area contributed by atoms with E-state index < -0.39 is 0 Å². The summed E-state index contributed by atoms with van der Waals surface area (Å²) in [6, 6.07) is 6.78. The molecule has 1 N–H and O–H groups in total. The lowest BCUT2D eigenvalue weighted by atomic mass is 9.95. The van der Waals surface area contributed by atoms with Gasteiger partial charge in [-0.1, -0.05) is 18.2 Å². The number of halogens is 1. The van der Waals surface area contributed by atoms with Gasteiger partial charge in [0.2, 0.25) is 0 Å². The molecular formula is C13H16FNO. The lowest BCUT2D eigenvalue weighted by Gasteiger charge is -2.23. The van der Waals surface area contributed by atoms with Crippen LogP contribution in [0.15, 0.2) is 36.1 Å². The molecule has 0 fully saturated rings. The van der Waals surface area contributed by atoms with Gasteiger partial charge in [0.25, 0.3) is 0 Å². The molecule has 0 aliphatic carbocycles. The van der Waals surface area contributed by atoms with Gasteiger partial charge in [-0.3, -0.25) is 0 Å². The molecule has 1 aromatic rings. The van der Waals surface area contributed by atoms with Gasteiger partial charge in [-0.15, -0.1) is 0 Å². The van der Waals surface area contributed by atoms with E-state index in [4.69, 9.17) is 4.74 Å². The molecule has 16 heavy (non-hydrogen) atoms. The minimum Gasteiger partial charge on any atom is -0.501 e. The van der Waals surface area contributed by atoms with Crippen molar-refractivity contribution in [3.05, 3.63) is 47.5 Å². The molecule has 0 saturated carbocycles. The molecule has 1 atom stereocenters. The molecular weight excluding hydrogens is 205 g/mol. The maximum Gasteiger partial charge on any atom is 0.128 e. The van der Waals surface area contributed by atoms with Crippen molar-refractivity contribution in [2.75, 3.05) is 13.7 Å². The molecule has 0 saturated heterocycles. The summed E-state index contributed by atoms with van der Waals surface area (Å²) in [5.74, 6) is -0.173. The SMILES string of the molecule is CNC(C1=COCCC1)c1ccccc1F. The number of benzene rings is 1. The molecule has 0 bridgehead atoms. The molecule has 1 aliphatic heterocycles. The maximum absolute atomic E-state index is 13.7. The van der Waals surface area contributed by atoms with Gasteiger partial charge in [-0.25, -0.2) is 4.39 Å². The molecule has 2 nitrogen and oxygen atoms in total. The Morgan fingerprint density at radius 3 is 2.81 bits per heavy atom. The van der Waals surface area contributed by atoms with E-state index in [0.29, 0.717) is 5.56 Å². The Morgan fingerprint density at radius 1 is 1.38 bits per heavy atom. The van der Waals surface area contributed by atoms with Crippen LogP contribution in [0.25, 0.3) is 0 Å². The Labute approximate surface area is 95.1 Å². The molecule has 1 aliphatic rings. The van der Waals surface area contributed by atoms with E-state index in [2.05, 4.69) is 5.32 Å². The highest BCUT2D eigenvalue weighted by Crippen LogP contribution is 2.28. The molecule has 0 amide bonds. The van der Waals surface area contributed by atoms with Gasteiger partial charge in [-0.05, 0) is 31.5 Å². The van der Waals surface area contributed by atoms with Gasteiger partial charge in [0.05, 0.1) is 18.9 Å². The van der Waals surface area contributed by atoms with Crippen LogP contribution in [0.1, 0.15) is 24.4 Å². The van der Waals surface area contributed by atoms with E-state index in [1.807, 2.05) is 19.2 Å². The number of likely N-dealkylation sites (N-methyl/N-ethyl adjacent to an activating group) is 1. The first-order valence-electron chi connectivity index (χ1n) is 5.55. The summed E-state index contributed by atoms with van der Waals surface area (Å²) in [6.45, 7) is 0.761. The molecule has 1 aromatic carbocycles. The van der Waals surface area contributed by atoms with Crippen molar-refractivity contribution >= 4 is 0 Å². The zero-order valence-electron chi connectivity index (χ0n) is 9.37. The molecule has 0 spiro atoms. The monoisotopic (exact) mass is 221 g/mol. The average Bonchev–Trinajstić information content (AvgIpc) is 2.34. The van der Waals surface area contributed by atoms with Crippen LogP contribution >= 0.6 is 0 Å². The van der Waals surface area contributed by atoms with Crippen molar-refractivity contribution < 1.29 is 9.13 Å². The Balaban J connectivity index is 2.28. The Bertz CT molecular complexity index is 389. The van der Waals surface area contributed by atoms with Gasteiger partial charge in [0.15, 0.2) is 0 Å². The van der Waals surface area contributed by atoms with Crippen molar-refractivity contribution in [1.29, 1.82) is 0 Å². The second-order valence-electron chi connectivity index (χ2n) is 3.91. The smallest absolute Gasteiger partial charge is 0.128 e. The lowest BCUT2D eigenvalue weighted by molar-refractivity contribution is 0.219.